The number of nitrogens with one attached hydrogen (secondary N) is 2. The van der Waals surface area contributed by atoms with E-state index in [2.05, 4.69) is 10.6 Å². The highest BCUT2D eigenvalue weighted by molar-refractivity contribution is 5.68. The van der Waals surface area contributed by atoms with Crippen molar-refractivity contribution in [3.8, 4) is 0 Å². The summed E-state index contributed by atoms with van der Waals surface area (Å²) in [6, 6.07) is 0.231. The third kappa shape index (κ3) is 4.37. The molecule has 0 aromatic rings. The summed E-state index contributed by atoms with van der Waals surface area (Å²) in [4.78, 5) is 11.6. The van der Waals surface area contributed by atoms with Crippen LogP contribution in [0.1, 0.15) is 27.2 Å². The molecule has 1 saturated heterocycles. The minimum Gasteiger partial charge on any atom is -0.444 e. The monoisotopic (exact) mass is 230 g/mol. The van der Waals surface area contributed by atoms with Crippen molar-refractivity contribution in [2.45, 2.75) is 44.9 Å². The highest BCUT2D eigenvalue weighted by Crippen LogP contribution is 2.10. The maximum Gasteiger partial charge on any atom is 0.408 e. The second-order valence-corrected chi connectivity index (χ2v) is 5.01. The Hall–Kier alpha value is -0.810. The lowest BCUT2D eigenvalue weighted by Crippen LogP contribution is -2.55. The predicted octanol–water partition coefficient (Wildman–Crippen LogP) is 0.888. The van der Waals surface area contributed by atoms with Gasteiger partial charge in [0.1, 0.15) is 5.60 Å². The fourth-order valence-electron chi connectivity index (χ4n) is 1.68. The van der Waals surface area contributed by atoms with Crippen molar-refractivity contribution in [1.82, 2.24) is 10.6 Å². The molecule has 1 aliphatic rings. The van der Waals surface area contributed by atoms with Crippen LogP contribution in [0.4, 0.5) is 4.79 Å². The molecule has 94 valence electrons. The zero-order chi connectivity index (χ0) is 12.2. The molecule has 1 heterocycles. The van der Waals surface area contributed by atoms with Crippen molar-refractivity contribution >= 4 is 6.09 Å². The van der Waals surface area contributed by atoms with Crippen LogP contribution in [0, 0.1) is 0 Å². The number of hydrogen-bond donors (Lipinski definition) is 2. The average Bonchev–Trinajstić information content (AvgIpc) is 2.15. The van der Waals surface area contributed by atoms with E-state index in [1.165, 1.54) is 0 Å². The van der Waals surface area contributed by atoms with Gasteiger partial charge in [0, 0.05) is 12.6 Å². The van der Waals surface area contributed by atoms with Crippen LogP contribution < -0.4 is 10.6 Å². The molecule has 0 spiro atoms. The van der Waals surface area contributed by atoms with Crippen molar-refractivity contribution in [3.05, 3.63) is 0 Å². The number of hydrogen-bond acceptors (Lipinski definition) is 4. The molecule has 0 radical (unpaired) electrons. The van der Waals surface area contributed by atoms with Gasteiger partial charge in [0.2, 0.25) is 0 Å². The van der Waals surface area contributed by atoms with Crippen molar-refractivity contribution in [2.75, 3.05) is 20.3 Å². The molecule has 16 heavy (non-hydrogen) atoms. The number of amides is 1. The molecule has 0 aromatic carbocycles. The van der Waals surface area contributed by atoms with Gasteiger partial charge in [-0.1, -0.05) is 0 Å². The molecule has 5 heteroatoms. The number of carbonyl (C=O) groups excluding carboxylic acids is 1. The van der Waals surface area contributed by atoms with Crippen LogP contribution in [0.3, 0.4) is 0 Å². The van der Waals surface area contributed by atoms with Gasteiger partial charge in [0.15, 0.2) is 0 Å². The SMILES string of the molecule is CN[C@@H]1CCOC[C@H]1NC(=O)OC(C)(C)C. The van der Waals surface area contributed by atoms with Crippen molar-refractivity contribution in [1.29, 1.82) is 0 Å². The lowest BCUT2D eigenvalue weighted by atomic mass is 10.0. The highest BCUT2D eigenvalue weighted by atomic mass is 16.6. The van der Waals surface area contributed by atoms with E-state index >= 15 is 0 Å². The number of rotatable bonds is 2. The van der Waals surface area contributed by atoms with E-state index < -0.39 is 5.60 Å². The van der Waals surface area contributed by atoms with E-state index in [0.717, 1.165) is 13.0 Å². The molecule has 5 nitrogen and oxygen atoms in total. The molecule has 0 aromatic heterocycles. The Kier molecular flexibility index (Phi) is 4.56. The second-order valence-electron chi connectivity index (χ2n) is 5.01. The van der Waals surface area contributed by atoms with E-state index in [0.29, 0.717) is 6.61 Å². The first-order valence-corrected chi connectivity index (χ1v) is 5.67. The van der Waals surface area contributed by atoms with Crippen molar-refractivity contribution in [2.24, 2.45) is 0 Å². The van der Waals surface area contributed by atoms with Crippen LogP contribution in [0.5, 0.6) is 0 Å². The van der Waals surface area contributed by atoms with Gasteiger partial charge in [-0.3, -0.25) is 0 Å². The Balaban J connectivity index is 2.42. The number of alkyl carbamates (subject to hydrolysis) is 1. The van der Waals surface area contributed by atoms with Gasteiger partial charge >= 0.3 is 6.09 Å². The lowest BCUT2D eigenvalue weighted by Gasteiger charge is -2.32. The molecule has 0 saturated carbocycles. The maximum atomic E-state index is 11.6. The normalized spacial score (nSPS) is 26.2. The first-order valence-electron chi connectivity index (χ1n) is 5.67. The Bertz CT molecular complexity index is 238. The molecule has 1 rings (SSSR count). The van der Waals surface area contributed by atoms with Crippen molar-refractivity contribution in [3.63, 3.8) is 0 Å². The molecular weight excluding hydrogens is 208 g/mol. The van der Waals surface area contributed by atoms with Gasteiger partial charge in [-0.15, -0.1) is 0 Å². The van der Waals surface area contributed by atoms with Crippen LogP contribution in [0.25, 0.3) is 0 Å². The standard InChI is InChI=1S/C11H22N2O3/c1-11(2,3)16-10(14)13-9-7-15-6-5-8(9)12-4/h8-9,12H,5-7H2,1-4H3,(H,13,14)/t8-,9-/m1/s1. The van der Waals surface area contributed by atoms with E-state index in [-0.39, 0.29) is 18.2 Å². The molecule has 1 fully saturated rings. The molecule has 1 aliphatic heterocycles. The molecule has 0 aliphatic carbocycles. The quantitative estimate of drug-likeness (QED) is 0.739. The van der Waals surface area contributed by atoms with E-state index in [9.17, 15) is 4.79 Å². The van der Waals surface area contributed by atoms with Gasteiger partial charge in [0.25, 0.3) is 0 Å². The summed E-state index contributed by atoms with van der Waals surface area (Å²) in [6.07, 6.45) is 0.514. The molecule has 2 atom stereocenters. The van der Waals surface area contributed by atoms with Crippen LogP contribution in [-0.2, 0) is 9.47 Å². The smallest absolute Gasteiger partial charge is 0.408 e. The minimum absolute atomic E-state index is 0.0198. The first kappa shape index (κ1) is 13.3. The van der Waals surface area contributed by atoms with Crippen LogP contribution >= 0.6 is 0 Å². The van der Waals surface area contributed by atoms with E-state index in [1.54, 1.807) is 0 Å². The summed E-state index contributed by atoms with van der Waals surface area (Å²) < 4.78 is 10.5. The van der Waals surface area contributed by atoms with Gasteiger partial charge in [0.05, 0.1) is 12.6 Å². The van der Waals surface area contributed by atoms with Crippen LogP contribution in [0.2, 0.25) is 0 Å². The topological polar surface area (TPSA) is 59.6 Å². The Labute approximate surface area is 96.9 Å². The van der Waals surface area contributed by atoms with E-state index in [1.807, 2.05) is 27.8 Å². The van der Waals surface area contributed by atoms with Gasteiger partial charge in [-0.05, 0) is 34.2 Å². The second kappa shape index (κ2) is 5.50. The summed E-state index contributed by atoms with van der Waals surface area (Å²) in [5, 5.41) is 6.00. The lowest BCUT2D eigenvalue weighted by molar-refractivity contribution is 0.0264. The molecular formula is C11H22N2O3. The molecule has 0 bridgehead atoms. The number of ether oxygens (including phenoxy) is 2. The van der Waals surface area contributed by atoms with Crippen molar-refractivity contribution < 1.29 is 14.3 Å². The number of likely N-dealkylation sites (N-methyl/N-ethyl adjacent to an activating group) is 1. The van der Waals surface area contributed by atoms with Gasteiger partial charge < -0.3 is 20.1 Å². The predicted molar refractivity (Wildman–Crippen MR) is 61.4 cm³/mol. The summed E-state index contributed by atoms with van der Waals surface area (Å²) in [6.45, 7) is 6.81. The largest absolute Gasteiger partial charge is 0.444 e. The molecule has 1 amide bonds. The van der Waals surface area contributed by atoms with Gasteiger partial charge in [-0.2, -0.15) is 0 Å². The fourth-order valence-corrected chi connectivity index (χ4v) is 1.68. The minimum atomic E-state index is -0.464. The summed E-state index contributed by atoms with van der Waals surface area (Å²) in [7, 11) is 1.89. The van der Waals surface area contributed by atoms with E-state index in [4.69, 9.17) is 9.47 Å². The summed E-state index contributed by atoms with van der Waals surface area (Å²) in [5.41, 5.74) is -0.464. The molecule has 2 N–H and O–H groups in total. The third-order valence-corrected chi connectivity index (χ3v) is 2.43. The Morgan fingerprint density at radius 3 is 2.62 bits per heavy atom. The fraction of sp³-hybridized carbons (Fsp3) is 0.909. The van der Waals surface area contributed by atoms with Gasteiger partial charge in [-0.25, -0.2) is 4.79 Å². The molecule has 0 unspecified atom stereocenters. The summed E-state index contributed by atoms with van der Waals surface area (Å²) >= 11 is 0. The maximum absolute atomic E-state index is 11.6. The average molecular weight is 230 g/mol. The number of carbonyl (C=O) groups is 1. The third-order valence-electron chi connectivity index (χ3n) is 2.43. The summed E-state index contributed by atoms with van der Waals surface area (Å²) in [5.74, 6) is 0. The zero-order valence-corrected chi connectivity index (χ0v) is 10.5. The Morgan fingerprint density at radius 1 is 1.38 bits per heavy atom. The zero-order valence-electron chi connectivity index (χ0n) is 10.5. The van der Waals surface area contributed by atoms with Crippen LogP contribution in [0.15, 0.2) is 0 Å². The first-order chi connectivity index (χ1) is 7.42. The Morgan fingerprint density at radius 2 is 2.06 bits per heavy atom. The van der Waals surface area contributed by atoms with Crippen LogP contribution in [-0.4, -0.2) is 44.0 Å². The highest BCUT2D eigenvalue weighted by Gasteiger charge is 2.27.